The molecule has 2 nitrogen and oxygen atoms in total. The third kappa shape index (κ3) is 3.88. The second-order valence-corrected chi connectivity index (χ2v) is 4.92. The number of rotatable bonds is 7. The summed E-state index contributed by atoms with van der Waals surface area (Å²) in [5.74, 6) is 0.593. The van der Waals surface area contributed by atoms with Crippen LogP contribution in [0.4, 0.5) is 13.2 Å². The van der Waals surface area contributed by atoms with E-state index in [0.29, 0.717) is 25.3 Å². The van der Waals surface area contributed by atoms with Crippen LogP contribution >= 0.6 is 0 Å². The van der Waals surface area contributed by atoms with Crippen molar-refractivity contribution in [1.29, 1.82) is 0 Å². The molecule has 1 aromatic rings. The van der Waals surface area contributed by atoms with E-state index >= 15 is 0 Å². The average Bonchev–Trinajstić information content (AvgIpc) is 2.41. The van der Waals surface area contributed by atoms with E-state index in [1.54, 1.807) is 12.1 Å². The van der Waals surface area contributed by atoms with Gasteiger partial charge in [-0.3, -0.25) is 0 Å². The van der Waals surface area contributed by atoms with E-state index in [9.17, 15) is 13.2 Å². The van der Waals surface area contributed by atoms with Gasteiger partial charge in [0.1, 0.15) is 11.3 Å². The van der Waals surface area contributed by atoms with Crippen LogP contribution in [0, 0.1) is 0 Å². The van der Waals surface area contributed by atoms with Crippen LogP contribution in [-0.2, 0) is 5.54 Å². The Bertz CT molecular complexity index is 403. The van der Waals surface area contributed by atoms with Gasteiger partial charge >= 0.3 is 6.18 Å². The first-order valence-electron chi connectivity index (χ1n) is 6.90. The smallest absolute Gasteiger partial charge is 0.410 e. The highest BCUT2D eigenvalue weighted by molar-refractivity contribution is 5.32. The van der Waals surface area contributed by atoms with Crippen LogP contribution in [-0.4, -0.2) is 19.3 Å². The van der Waals surface area contributed by atoms with Gasteiger partial charge in [0.25, 0.3) is 0 Å². The Labute approximate surface area is 118 Å². The lowest BCUT2D eigenvalue weighted by atomic mass is 9.91. The fourth-order valence-corrected chi connectivity index (χ4v) is 1.85. The quantitative estimate of drug-likeness (QED) is 0.810. The van der Waals surface area contributed by atoms with Crippen LogP contribution in [0.5, 0.6) is 5.75 Å². The van der Waals surface area contributed by atoms with Gasteiger partial charge in [-0.2, -0.15) is 13.2 Å². The molecule has 0 saturated heterocycles. The van der Waals surface area contributed by atoms with Crippen molar-refractivity contribution in [1.82, 2.24) is 5.32 Å². The minimum Gasteiger partial charge on any atom is -0.494 e. The summed E-state index contributed by atoms with van der Waals surface area (Å²) in [4.78, 5) is 0. The molecule has 5 heteroatoms. The van der Waals surface area contributed by atoms with Gasteiger partial charge in [-0.25, -0.2) is 0 Å². The lowest BCUT2D eigenvalue weighted by molar-refractivity contribution is -0.195. The Balaban J connectivity index is 2.97. The first kappa shape index (κ1) is 16.8. The van der Waals surface area contributed by atoms with Gasteiger partial charge in [-0.05, 0) is 44.0 Å². The topological polar surface area (TPSA) is 21.3 Å². The average molecular weight is 289 g/mol. The first-order chi connectivity index (χ1) is 9.35. The van der Waals surface area contributed by atoms with Gasteiger partial charge < -0.3 is 10.1 Å². The summed E-state index contributed by atoms with van der Waals surface area (Å²) in [5, 5.41) is 2.60. The Hall–Kier alpha value is -1.23. The Morgan fingerprint density at radius 1 is 1.05 bits per heavy atom. The largest absolute Gasteiger partial charge is 0.494 e. The highest BCUT2D eigenvalue weighted by Gasteiger charge is 2.51. The van der Waals surface area contributed by atoms with Gasteiger partial charge in [0.15, 0.2) is 0 Å². The lowest BCUT2D eigenvalue weighted by Crippen LogP contribution is -2.51. The van der Waals surface area contributed by atoms with Crippen molar-refractivity contribution in [2.75, 3.05) is 13.2 Å². The summed E-state index contributed by atoms with van der Waals surface area (Å²) in [6.07, 6.45) is -2.85. The van der Waals surface area contributed by atoms with Gasteiger partial charge in [0.2, 0.25) is 0 Å². The minimum absolute atomic E-state index is 0.197. The van der Waals surface area contributed by atoms with E-state index in [4.69, 9.17) is 4.74 Å². The standard InChI is InChI=1S/C15H22F3NO/c1-4-10-19-14(3,15(16,17)18)12-6-8-13(9-7-12)20-11-5-2/h6-9,19H,4-5,10-11H2,1-3H3. The van der Waals surface area contributed by atoms with Crippen molar-refractivity contribution in [2.24, 2.45) is 0 Å². The molecule has 0 heterocycles. The number of halogens is 3. The van der Waals surface area contributed by atoms with Crippen LogP contribution in [0.15, 0.2) is 24.3 Å². The molecule has 0 aliphatic rings. The van der Waals surface area contributed by atoms with E-state index in [-0.39, 0.29) is 5.56 Å². The van der Waals surface area contributed by atoms with Crippen molar-refractivity contribution < 1.29 is 17.9 Å². The zero-order chi connectivity index (χ0) is 15.2. The fraction of sp³-hybridized carbons (Fsp3) is 0.600. The third-order valence-electron chi connectivity index (χ3n) is 3.20. The molecule has 1 atom stereocenters. The van der Waals surface area contributed by atoms with Gasteiger partial charge in [0.05, 0.1) is 6.61 Å². The van der Waals surface area contributed by atoms with Crippen LogP contribution in [0.1, 0.15) is 39.2 Å². The molecule has 0 aliphatic heterocycles. The zero-order valence-electron chi connectivity index (χ0n) is 12.2. The molecule has 0 bridgehead atoms. The predicted molar refractivity (Wildman–Crippen MR) is 73.9 cm³/mol. The molecular formula is C15H22F3NO. The molecule has 0 saturated carbocycles. The molecule has 1 rings (SSSR count). The van der Waals surface area contributed by atoms with Crippen molar-refractivity contribution in [3.05, 3.63) is 29.8 Å². The van der Waals surface area contributed by atoms with Crippen LogP contribution < -0.4 is 10.1 Å². The molecular weight excluding hydrogens is 267 g/mol. The number of ether oxygens (including phenoxy) is 1. The van der Waals surface area contributed by atoms with E-state index < -0.39 is 11.7 Å². The van der Waals surface area contributed by atoms with E-state index in [0.717, 1.165) is 6.42 Å². The fourth-order valence-electron chi connectivity index (χ4n) is 1.85. The maximum atomic E-state index is 13.3. The maximum absolute atomic E-state index is 13.3. The second kappa shape index (κ2) is 6.97. The normalized spacial score (nSPS) is 14.9. The molecule has 1 aromatic carbocycles. The van der Waals surface area contributed by atoms with Crippen molar-refractivity contribution in [3.63, 3.8) is 0 Å². The van der Waals surface area contributed by atoms with Crippen LogP contribution in [0.2, 0.25) is 0 Å². The SMILES string of the molecule is CCCNC(C)(c1ccc(OCCC)cc1)C(F)(F)F. The summed E-state index contributed by atoms with van der Waals surface area (Å²) in [5.41, 5.74) is -1.84. The Morgan fingerprint density at radius 2 is 1.65 bits per heavy atom. The Morgan fingerprint density at radius 3 is 2.10 bits per heavy atom. The van der Waals surface area contributed by atoms with Crippen LogP contribution in [0.25, 0.3) is 0 Å². The molecule has 1 unspecified atom stereocenters. The summed E-state index contributed by atoms with van der Waals surface area (Å²) in [6.45, 7) is 5.86. The highest BCUT2D eigenvalue weighted by atomic mass is 19.4. The van der Waals surface area contributed by atoms with E-state index in [1.165, 1.54) is 19.1 Å². The number of nitrogens with one attached hydrogen (secondary N) is 1. The number of hydrogen-bond donors (Lipinski definition) is 1. The molecule has 0 amide bonds. The summed E-state index contributed by atoms with van der Waals surface area (Å²) < 4.78 is 45.4. The monoisotopic (exact) mass is 289 g/mol. The molecule has 0 aliphatic carbocycles. The molecule has 0 spiro atoms. The number of benzene rings is 1. The van der Waals surface area contributed by atoms with Crippen molar-refractivity contribution in [3.8, 4) is 5.75 Å². The molecule has 0 fully saturated rings. The highest BCUT2D eigenvalue weighted by Crippen LogP contribution is 2.39. The Kier molecular flexibility index (Phi) is 5.87. The van der Waals surface area contributed by atoms with Gasteiger partial charge in [-0.1, -0.05) is 26.0 Å². The maximum Gasteiger partial charge on any atom is 0.410 e. The van der Waals surface area contributed by atoms with Gasteiger partial charge in [0, 0.05) is 0 Å². The predicted octanol–water partition coefficient (Wildman–Crippen LogP) is 4.25. The number of alkyl halides is 3. The van der Waals surface area contributed by atoms with Crippen LogP contribution in [0.3, 0.4) is 0 Å². The molecule has 1 N–H and O–H groups in total. The third-order valence-corrected chi connectivity index (χ3v) is 3.20. The summed E-state index contributed by atoms with van der Waals surface area (Å²) in [6, 6.07) is 6.12. The van der Waals surface area contributed by atoms with Crippen molar-refractivity contribution in [2.45, 2.75) is 45.3 Å². The molecule has 114 valence electrons. The first-order valence-corrected chi connectivity index (χ1v) is 6.90. The molecule has 0 aromatic heterocycles. The van der Waals surface area contributed by atoms with E-state index in [2.05, 4.69) is 5.32 Å². The zero-order valence-corrected chi connectivity index (χ0v) is 12.2. The van der Waals surface area contributed by atoms with Gasteiger partial charge in [-0.15, -0.1) is 0 Å². The molecule has 20 heavy (non-hydrogen) atoms. The number of hydrogen-bond acceptors (Lipinski definition) is 2. The summed E-state index contributed by atoms with van der Waals surface area (Å²) >= 11 is 0. The van der Waals surface area contributed by atoms with E-state index in [1.807, 2.05) is 13.8 Å². The second-order valence-electron chi connectivity index (χ2n) is 4.92. The lowest BCUT2D eigenvalue weighted by Gasteiger charge is -2.33. The molecule has 0 radical (unpaired) electrons. The summed E-state index contributed by atoms with van der Waals surface area (Å²) in [7, 11) is 0. The minimum atomic E-state index is -4.35. The van der Waals surface area contributed by atoms with Crippen molar-refractivity contribution >= 4 is 0 Å².